The highest BCUT2D eigenvalue weighted by Gasteiger charge is 2.13. The van der Waals surface area contributed by atoms with Crippen molar-refractivity contribution in [3.05, 3.63) is 54.4 Å². The van der Waals surface area contributed by atoms with Crippen molar-refractivity contribution >= 4 is 15.5 Å². The zero-order valence-corrected chi connectivity index (χ0v) is 13.1. The van der Waals surface area contributed by atoms with Gasteiger partial charge in [0.2, 0.25) is 0 Å². The fourth-order valence-corrected chi connectivity index (χ4v) is 3.45. The molecule has 0 amide bonds. The quantitative estimate of drug-likeness (QED) is 0.888. The highest BCUT2D eigenvalue weighted by Crippen LogP contribution is 2.21. The first-order valence-electron chi connectivity index (χ1n) is 7.02. The standard InChI is InChI=1S/C16H20N2O2S/c1-3-12-21(19,20)16-6-4-15(5-7-16)18-13(2)14-8-10-17-11-9-14/h4-11,13,18H,3,12H2,1-2H3. The van der Waals surface area contributed by atoms with Gasteiger partial charge in [0.15, 0.2) is 9.84 Å². The molecule has 1 unspecified atom stereocenters. The molecular formula is C16H20N2O2S. The van der Waals surface area contributed by atoms with Crippen LogP contribution in [0.1, 0.15) is 31.9 Å². The lowest BCUT2D eigenvalue weighted by molar-refractivity contribution is 0.595. The van der Waals surface area contributed by atoms with Gasteiger partial charge in [-0.2, -0.15) is 0 Å². The van der Waals surface area contributed by atoms with Crippen LogP contribution in [0, 0.1) is 0 Å². The molecule has 1 aromatic heterocycles. The third kappa shape index (κ3) is 4.04. The Bertz CT molecular complexity index is 667. The van der Waals surface area contributed by atoms with Crippen molar-refractivity contribution in [1.29, 1.82) is 0 Å². The second kappa shape index (κ2) is 6.72. The Balaban J connectivity index is 2.10. The van der Waals surface area contributed by atoms with Crippen LogP contribution < -0.4 is 5.32 Å². The van der Waals surface area contributed by atoms with Gasteiger partial charge in [-0.25, -0.2) is 8.42 Å². The van der Waals surface area contributed by atoms with Crippen LogP contribution in [-0.2, 0) is 9.84 Å². The summed E-state index contributed by atoms with van der Waals surface area (Å²) in [5.41, 5.74) is 2.03. The van der Waals surface area contributed by atoms with E-state index < -0.39 is 9.84 Å². The molecular weight excluding hydrogens is 284 g/mol. The average Bonchev–Trinajstić information content (AvgIpc) is 2.48. The molecule has 2 aromatic rings. The minimum atomic E-state index is -3.14. The molecule has 1 atom stereocenters. The highest BCUT2D eigenvalue weighted by atomic mass is 32.2. The highest BCUT2D eigenvalue weighted by molar-refractivity contribution is 7.91. The Kier molecular flexibility index (Phi) is 4.96. The summed E-state index contributed by atoms with van der Waals surface area (Å²) >= 11 is 0. The van der Waals surface area contributed by atoms with Crippen molar-refractivity contribution in [2.24, 2.45) is 0 Å². The predicted molar refractivity (Wildman–Crippen MR) is 85.1 cm³/mol. The van der Waals surface area contributed by atoms with Crippen LogP contribution in [0.3, 0.4) is 0 Å². The number of hydrogen-bond donors (Lipinski definition) is 1. The zero-order chi connectivity index (χ0) is 15.3. The van der Waals surface area contributed by atoms with E-state index in [2.05, 4.69) is 17.2 Å². The molecule has 0 aliphatic heterocycles. The van der Waals surface area contributed by atoms with Gasteiger partial charge in [-0.3, -0.25) is 4.98 Å². The lowest BCUT2D eigenvalue weighted by Crippen LogP contribution is -2.08. The molecule has 21 heavy (non-hydrogen) atoms. The number of rotatable bonds is 6. The summed E-state index contributed by atoms with van der Waals surface area (Å²) in [7, 11) is -3.14. The number of aromatic nitrogens is 1. The van der Waals surface area contributed by atoms with E-state index in [4.69, 9.17) is 0 Å². The van der Waals surface area contributed by atoms with Crippen molar-refractivity contribution in [2.45, 2.75) is 31.2 Å². The molecule has 0 saturated heterocycles. The molecule has 0 fully saturated rings. The van der Waals surface area contributed by atoms with Crippen LogP contribution in [-0.4, -0.2) is 19.2 Å². The van der Waals surface area contributed by atoms with Gasteiger partial charge in [0.05, 0.1) is 10.6 Å². The smallest absolute Gasteiger partial charge is 0.178 e. The van der Waals surface area contributed by atoms with Crippen molar-refractivity contribution in [3.8, 4) is 0 Å². The lowest BCUT2D eigenvalue weighted by Gasteiger charge is -2.15. The number of nitrogens with zero attached hydrogens (tertiary/aromatic N) is 1. The fourth-order valence-electron chi connectivity index (χ4n) is 2.13. The van der Waals surface area contributed by atoms with E-state index >= 15 is 0 Å². The van der Waals surface area contributed by atoms with E-state index in [1.54, 1.807) is 36.7 Å². The lowest BCUT2D eigenvalue weighted by atomic mass is 10.1. The molecule has 0 aliphatic carbocycles. The topological polar surface area (TPSA) is 59.1 Å². The molecule has 4 nitrogen and oxygen atoms in total. The molecule has 1 aromatic carbocycles. The van der Waals surface area contributed by atoms with Gasteiger partial charge < -0.3 is 5.32 Å². The second-order valence-corrected chi connectivity index (χ2v) is 7.10. The van der Waals surface area contributed by atoms with E-state index in [1.165, 1.54) is 0 Å². The number of pyridine rings is 1. The number of anilines is 1. The van der Waals surface area contributed by atoms with Crippen molar-refractivity contribution in [3.63, 3.8) is 0 Å². The summed E-state index contributed by atoms with van der Waals surface area (Å²) in [6.45, 7) is 3.92. The molecule has 5 heteroatoms. The van der Waals surface area contributed by atoms with Crippen LogP contribution >= 0.6 is 0 Å². The summed E-state index contributed by atoms with van der Waals surface area (Å²) in [4.78, 5) is 4.38. The Morgan fingerprint density at radius 1 is 1.10 bits per heavy atom. The summed E-state index contributed by atoms with van der Waals surface area (Å²) in [5.74, 6) is 0.188. The maximum Gasteiger partial charge on any atom is 0.178 e. The fraction of sp³-hybridized carbons (Fsp3) is 0.312. The third-order valence-electron chi connectivity index (χ3n) is 3.28. The molecule has 1 N–H and O–H groups in total. The van der Waals surface area contributed by atoms with Crippen LogP contribution in [0.5, 0.6) is 0 Å². The van der Waals surface area contributed by atoms with Crippen LogP contribution in [0.4, 0.5) is 5.69 Å². The second-order valence-electron chi connectivity index (χ2n) is 4.99. The Morgan fingerprint density at radius 2 is 1.71 bits per heavy atom. The van der Waals surface area contributed by atoms with Gasteiger partial charge >= 0.3 is 0 Å². The summed E-state index contributed by atoms with van der Waals surface area (Å²) in [6.07, 6.45) is 4.14. The molecule has 0 radical (unpaired) electrons. The van der Waals surface area contributed by atoms with Crippen LogP contribution in [0.2, 0.25) is 0 Å². The normalized spacial score (nSPS) is 12.9. The van der Waals surface area contributed by atoms with E-state index in [0.29, 0.717) is 11.3 Å². The van der Waals surface area contributed by atoms with E-state index in [0.717, 1.165) is 11.3 Å². The van der Waals surface area contributed by atoms with Gasteiger partial charge in [-0.05, 0) is 55.3 Å². The maximum absolute atomic E-state index is 12.0. The minimum absolute atomic E-state index is 0.131. The number of benzene rings is 1. The molecule has 1 heterocycles. The Hall–Kier alpha value is -1.88. The van der Waals surface area contributed by atoms with Crippen molar-refractivity contribution in [1.82, 2.24) is 4.98 Å². The van der Waals surface area contributed by atoms with Gasteiger partial charge in [0, 0.05) is 24.1 Å². The van der Waals surface area contributed by atoms with Crippen molar-refractivity contribution in [2.75, 3.05) is 11.1 Å². The molecule has 0 spiro atoms. The minimum Gasteiger partial charge on any atom is -0.379 e. The number of nitrogens with one attached hydrogen (secondary N) is 1. The van der Waals surface area contributed by atoms with Crippen molar-refractivity contribution < 1.29 is 8.42 Å². The Morgan fingerprint density at radius 3 is 2.29 bits per heavy atom. The SMILES string of the molecule is CCCS(=O)(=O)c1ccc(NC(C)c2ccncc2)cc1. The molecule has 0 aliphatic rings. The number of hydrogen-bond acceptors (Lipinski definition) is 4. The summed E-state index contributed by atoms with van der Waals surface area (Å²) in [6, 6.07) is 11.0. The average molecular weight is 304 g/mol. The zero-order valence-electron chi connectivity index (χ0n) is 12.3. The predicted octanol–water partition coefficient (Wildman–Crippen LogP) is 3.44. The Labute approximate surface area is 126 Å². The van der Waals surface area contributed by atoms with Gasteiger partial charge in [-0.1, -0.05) is 6.92 Å². The van der Waals surface area contributed by atoms with Gasteiger partial charge in [0.1, 0.15) is 0 Å². The van der Waals surface area contributed by atoms with Gasteiger partial charge in [-0.15, -0.1) is 0 Å². The van der Waals surface area contributed by atoms with E-state index in [1.807, 2.05) is 19.1 Å². The number of sulfone groups is 1. The summed E-state index contributed by atoms with van der Waals surface area (Å²) < 4.78 is 23.9. The van der Waals surface area contributed by atoms with Crippen LogP contribution in [0.25, 0.3) is 0 Å². The first kappa shape index (κ1) is 15.5. The first-order chi connectivity index (χ1) is 10.0. The van der Waals surface area contributed by atoms with Crippen LogP contribution in [0.15, 0.2) is 53.7 Å². The molecule has 0 saturated carbocycles. The molecule has 0 bridgehead atoms. The van der Waals surface area contributed by atoms with Gasteiger partial charge in [0.25, 0.3) is 0 Å². The first-order valence-corrected chi connectivity index (χ1v) is 8.67. The monoisotopic (exact) mass is 304 g/mol. The van der Waals surface area contributed by atoms with E-state index in [-0.39, 0.29) is 11.8 Å². The largest absolute Gasteiger partial charge is 0.379 e. The summed E-state index contributed by atoms with van der Waals surface area (Å²) in [5, 5.41) is 3.35. The third-order valence-corrected chi connectivity index (χ3v) is 5.21. The maximum atomic E-state index is 12.0. The molecule has 2 rings (SSSR count). The van der Waals surface area contributed by atoms with E-state index in [9.17, 15) is 8.42 Å². The molecule has 112 valence electrons.